The Balaban J connectivity index is 2.04. The van der Waals surface area contributed by atoms with Crippen molar-refractivity contribution in [3.8, 4) is 0 Å². The molecule has 0 aliphatic carbocycles. The highest BCUT2D eigenvalue weighted by atomic mass is 16.2. The van der Waals surface area contributed by atoms with Crippen molar-refractivity contribution in [3.63, 3.8) is 0 Å². The fourth-order valence-corrected chi connectivity index (χ4v) is 2.03. The lowest BCUT2D eigenvalue weighted by Crippen LogP contribution is -2.43. The van der Waals surface area contributed by atoms with E-state index in [2.05, 4.69) is 17.1 Å². The number of nitrogens with zero attached hydrogens (tertiary/aromatic N) is 1. The first-order chi connectivity index (χ1) is 7.74. The molecule has 0 saturated carbocycles. The minimum Gasteiger partial charge on any atom is -0.353 e. The quantitative estimate of drug-likeness (QED) is 0.673. The molecule has 1 aliphatic heterocycles. The molecule has 1 fully saturated rings. The van der Waals surface area contributed by atoms with Gasteiger partial charge in [0.15, 0.2) is 0 Å². The molecule has 0 aromatic carbocycles. The predicted octanol–water partition coefficient (Wildman–Crippen LogP) is 0.716. The van der Waals surface area contributed by atoms with Gasteiger partial charge in [0, 0.05) is 13.1 Å². The molecule has 1 atom stereocenters. The molecule has 0 radical (unpaired) electrons. The summed E-state index contributed by atoms with van der Waals surface area (Å²) in [6, 6.07) is -0.321. The van der Waals surface area contributed by atoms with E-state index >= 15 is 0 Å². The van der Waals surface area contributed by atoms with Crippen LogP contribution in [0, 0.1) is 0 Å². The van der Waals surface area contributed by atoms with Gasteiger partial charge in [-0.2, -0.15) is 0 Å². The second kappa shape index (κ2) is 7.63. The van der Waals surface area contributed by atoms with Crippen molar-refractivity contribution in [2.45, 2.75) is 45.1 Å². The largest absolute Gasteiger partial charge is 0.353 e. The maximum Gasteiger partial charge on any atom is 0.236 e. The molecule has 0 aromatic rings. The van der Waals surface area contributed by atoms with Crippen molar-refractivity contribution in [2.24, 2.45) is 5.73 Å². The summed E-state index contributed by atoms with van der Waals surface area (Å²) in [7, 11) is 0. The summed E-state index contributed by atoms with van der Waals surface area (Å²) in [5, 5.41) is 2.91. The number of unbranched alkanes of at least 4 members (excludes halogenated alkanes) is 1. The van der Waals surface area contributed by atoms with Crippen LogP contribution in [0.2, 0.25) is 0 Å². The Morgan fingerprint density at radius 1 is 1.44 bits per heavy atom. The Labute approximate surface area is 98.6 Å². The zero-order valence-electron chi connectivity index (χ0n) is 10.4. The molecule has 1 aliphatic rings. The highest BCUT2D eigenvalue weighted by molar-refractivity contribution is 5.81. The topological polar surface area (TPSA) is 58.4 Å². The molecule has 16 heavy (non-hydrogen) atoms. The molecule has 0 bridgehead atoms. The molecule has 4 nitrogen and oxygen atoms in total. The van der Waals surface area contributed by atoms with Crippen molar-refractivity contribution < 1.29 is 4.79 Å². The molecule has 0 spiro atoms. The van der Waals surface area contributed by atoms with E-state index in [1.165, 1.54) is 25.9 Å². The summed E-state index contributed by atoms with van der Waals surface area (Å²) >= 11 is 0. The van der Waals surface area contributed by atoms with Crippen LogP contribution in [0.15, 0.2) is 0 Å². The summed E-state index contributed by atoms with van der Waals surface area (Å²) < 4.78 is 0. The molecule has 0 aromatic heterocycles. The number of hydrogen-bond acceptors (Lipinski definition) is 3. The zero-order chi connectivity index (χ0) is 11.8. The van der Waals surface area contributed by atoms with Crippen molar-refractivity contribution in [1.29, 1.82) is 0 Å². The molecule has 1 unspecified atom stereocenters. The first-order valence-corrected chi connectivity index (χ1v) is 6.49. The van der Waals surface area contributed by atoms with Crippen LogP contribution in [0.1, 0.15) is 39.0 Å². The van der Waals surface area contributed by atoms with Crippen molar-refractivity contribution >= 4 is 5.91 Å². The van der Waals surface area contributed by atoms with Crippen LogP contribution in [-0.2, 0) is 4.79 Å². The van der Waals surface area contributed by atoms with Gasteiger partial charge in [-0.15, -0.1) is 0 Å². The number of carbonyl (C=O) groups is 1. The van der Waals surface area contributed by atoms with E-state index in [1.54, 1.807) is 0 Å². The zero-order valence-corrected chi connectivity index (χ0v) is 10.4. The van der Waals surface area contributed by atoms with Crippen LogP contribution >= 0.6 is 0 Å². The Bertz CT molecular complexity index is 202. The van der Waals surface area contributed by atoms with Gasteiger partial charge >= 0.3 is 0 Å². The van der Waals surface area contributed by atoms with Gasteiger partial charge in [0.2, 0.25) is 5.91 Å². The normalized spacial score (nSPS) is 18.6. The van der Waals surface area contributed by atoms with E-state index in [4.69, 9.17) is 5.73 Å². The summed E-state index contributed by atoms with van der Waals surface area (Å²) in [6.45, 7) is 6.17. The predicted molar refractivity (Wildman–Crippen MR) is 66.2 cm³/mol. The number of hydrogen-bond donors (Lipinski definition) is 2. The third-order valence-electron chi connectivity index (χ3n) is 3.13. The summed E-state index contributed by atoms with van der Waals surface area (Å²) in [6.07, 6.45) is 5.51. The maximum absolute atomic E-state index is 11.6. The molecular formula is C12H25N3O. The summed E-state index contributed by atoms with van der Waals surface area (Å²) in [5.41, 5.74) is 5.77. The number of nitrogens with one attached hydrogen (secondary N) is 1. The third kappa shape index (κ3) is 4.94. The average molecular weight is 227 g/mol. The average Bonchev–Trinajstić information content (AvgIpc) is 2.78. The minimum absolute atomic E-state index is 0.00708. The van der Waals surface area contributed by atoms with Crippen LogP contribution in [0.25, 0.3) is 0 Å². The Hall–Kier alpha value is -0.610. The van der Waals surface area contributed by atoms with E-state index in [0.29, 0.717) is 0 Å². The highest BCUT2D eigenvalue weighted by Gasteiger charge is 2.14. The SMILES string of the molecule is CCCCC(N)C(=O)NCCN1CCCC1. The lowest BCUT2D eigenvalue weighted by molar-refractivity contribution is -0.122. The van der Waals surface area contributed by atoms with Crippen molar-refractivity contribution in [1.82, 2.24) is 10.2 Å². The molecule has 94 valence electrons. The Morgan fingerprint density at radius 2 is 2.12 bits per heavy atom. The van der Waals surface area contributed by atoms with Gasteiger partial charge in [0.1, 0.15) is 0 Å². The van der Waals surface area contributed by atoms with Crippen LogP contribution in [-0.4, -0.2) is 43.0 Å². The molecule has 1 heterocycles. The fourth-order valence-electron chi connectivity index (χ4n) is 2.03. The number of amides is 1. The number of nitrogens with two attached hydrogens (primary N) is 1. The van der Waals surface area contributed by atoms with E-state index in [1.807, 2.05) is 0 Å². The molecule has 4 heteroatoms. The second-order valence-electron chi connectivity index (χ2n) is 4.59. The van der Waals surface area contributed by atoms with Crippen LogP contribution < -0.4 is 11.1 Å². The second-order valence-corrected chi connectivity index (χ2v) is 4.59. The fraction of sp³-hybridized carbons (Fsp3) is 0.917. The molecular weight excluding hydrogens is 202 g/mol. The van der Waals surface area contributed by atoms with Crippen LogP contribution in [0.4, 0.5) is 0 Å². The van der Waals surface area contributed by atoms with Crippen molar-refractivity contribution in [2.75, 3.05) is 26.2 Å². The van der Waals surface area contributed by atoms with Crippen molar-refractivity contribution in [3.05, 3.63) is 0 Å². The van der Waals surface area contributed by atoms with Gasteiger partial charge < -0.3 is 16.0 Å². The molecule has 1 rings (SSSR count). The Morgan fingerprint density at radius 3 is 2.75 bits per heavy atom. The smallest absolute Gasteiger partial charge is 0.236 e. The van der Waals surface area contributed by atoms with E-state index in [9.17, 15) is 4.79 Å². The Kier molecular flexibility index (Phi) is 6.42. The maximum atomic E-state index is 11.6. The van der Waals surface area contributed by atoms with Crippen LogP contribution in [0.5, 0.6) is 0 Å². The number of carbonyl (C=O) groups excluding carboxylic acids is 1. The van der Waals surface area contributed by atoms with E-state index in [-0.39, 0.29) is 11.9 Å². The third-order valence-corrected chi connectivity index (χ3v) is 3.13. The lowest BCUT2D eigenvalue weighted by Gasteiger charge is -2.16. The number of likely N-dealkylation sites (tertiary alicyclic amines) is 1. The van der Waals surface area contributed by atoms with Gasteiger partial charge in [0.25, 0.3) is 0 Å². The number of rotatable bonds is 7. The van der Waals surface area contributed by atoms with Gasteiger partial charge in [-0.05, 0) is 32.4 Å². The summed E-state index contributed by atoms with van der Waals surface area (Å²) in [4.78, 5) is 14.0. The van der Waals surface area contributed by atoms with Gasteiger partial charge in [-0.3, -0.25) is 4.79 Å². The minimum atomic E-state index is -0.321. The molecule has 3 N–H and O–H groups in total. The highest BCUT2D eigenvalue weighted by Crippen LogP contribution is 2.05. The summed E-state index contributed by atoms with van der Waals surface area (Å²) in [5.74, 6) is 0.00708. The van der Waals surface area contributed by atoms with E-state index < -0.39 is 0 Å². The lowest BCUT2D eigenvalue weighted by atomic mass is 10.1. The molecule has 1 saturated heterocycles. The van der Waals surface area contributed by atoms with E-state index in [0.717, 1.165) is 32.4 Å². The van der Waals surface area contributed by atoms with Gasteiger partial charge in [-0.25, -0.2) is 0 Å². The van der Waals surface area contributed by atoms with Gasteiger partial charge in [0.05, 0.1) is 6.04 Å². The first-order valence-electron chi connectivity index (χ1n) is 6.49. The van der Waals surface area contributed by atoms with Crippen LogP contribution in [0.3, 0.4) is 0 Å². The standard InChI is InChI=1S/C12H25N3O/c1-2-3-6-11(13)12(16)14-7-10-15-8-4-5-9-15/h11H,2-10,13H2,1H3,(H,14,16). The first kappa shape index (κ1) is 13.5. The monoisotopic (exact) mass is 227 g/mol. The van der Waals surface area contributed by atoms with Gasteiger partial charge in [-0.1, -0.05) is 19.8 Å². The molecule has 1 amide bonds.